The first kappa shape index (κ1) is 8.58. The summed E-state index contributed by atoms with van der Waals surface area (Å²) in [6.45, 7) is 2.31. The van der Waals surface area contributed by atoms with Crippen molar-refractivity contribution in [2.24, 2.45) is 5.92 Å². The molecule has 11 heavy (non-hydrogen) atoms. The first-order chi connectivity index (χ1) is 5.39. The molecule has 0 radical (unpaired) electrons. The lowest BCUT2D eigenvalue weighted by Crippen LogP contribution is -1.89. The van der Waals surface area contributed by atoms with Crippen LogP contribution < -0.4 is 0 Å². The molecule has 1 atom stereocenters. The van der Waals surface area contributed by atoms with E-state index in [4.69, 9.17) is 0 Å². The van der Waals surface area contributed by atoms with Gasteiger partial charge in [0.1, 0.15) is 0 Å². The smallest absolute Gasteiger partial charge is 0.0262 e. The van der Waals surface area contributed by atoms with Gasteiger partial charge in [-0.2, -0.15) is 0 Å². The Hall–Kier alpha value is -0.520. The van der Waals surface area contributed by atoms with Crippen LogP contribution in [0, 0.1) is 5.92 Å². The topological polar surface area (TPSA) is 0 Å². The summed E-state index contributed by atoms with van der Waals surface area (Å²) in [5.41, 5.74) is 0. The fraction of sp³-hybridized carbons (Fsp3) is 0.636. The first-order valence-corrected chi connectivity index (χ1v) is 4.71. The molecule has 0 aromatic rings. The highest BCUT2D eigenvalue weighted by molar-refractivity contribution is 4.92. The van der Waals surface area contributed by atoms with Gasteiger partial charge in [-0.05, 0) is 38.0 Å². The normalized spacial score (nSPS) is 26.8. The van der Waals surface area contributed by atoms with Gasteiger partial charge in [0.15, 0.2) is 0 Å². The fourth-order valence-corrected chi connectivity index (χ4v) is 1.41. The summed E-state index contributed by atoms with van der Waals surface area (Å²) in [4.78, 5) is 0. The number of hydrogen-bond donors (Lipinski definition) is 0. The highest BCUT2D eigenvalue weighted by Crippen LogP contribution is 2.12. The van der Waals surface area contributed by atoms with Crippen LogP contribution >= 0.6 is 0 Å². The van der Waals surface area contributed by atoms with Gasteiger partial charge in [-0.15, -0.1) is 0 Å². The molecule has 1 aliphatic rings. The van der Waals surface area contributed by atoms with Crippen molar-refractivity contribution in [3.05, 3.63) is 24.3 Å². The molecule has 0 aromatic carbocycles. The summed E-state index contributed by atoms with van der Waals surface area (Å²) < 4.78 is 0. The molecule has 0 aliphatic heterocycles. The molecule has 0 spiro atoms. The maximum Gasteiger partial charge on any atom is -0.0262 e. The van der Waals surface area contributed by atoms with Crippen molar-refractivity contribution in [2.45, 2.75) is 39.0 Å². The molecule has 0 aromatic heterocycles. The van der Waals surface area contributed by atoms with Gasteiger partial charge in [-0.3, -0.25) is 0 Å². The minimum absolute atomic E-state index is 0.793. The highest BCUT2D eigenvalue weighted by Gasteiger charge is 1.95. The molecule has 0 unspecified atom stereocenters. The van der Waals surface area contributed by atoms with Crippen LogP contribution in [-0.4, -0.2) is 0 Å². The molecular formula is C11H18. The van der Waals surface area contributed by atoms with Gasteiger partial charge in [-0.25, -0.2) is 0 Å². The standard InChI is InChI=1S/C11H18/c1-11-9-7-5-3-2-4-6-8-10-11/h2-3,8,10-11H,4-7,9H2,1H3/t11-/m1/s1. The third kappa shape index (κ3) is 4.02. The zero-order chi connectivity index (χ0) is 7.94. The highest BCUT2D eigenvalue weighted by atomic mass is 14.0. The van der Waals surface area contributed by atoms with Gasteiger partial charge in [0.25, 0.3) is 0 Å². The molecule has 0 N–H and O–H groups in total. The Balaban J connectivity index is 2.34. The minimum Gasteiger partial charge on any atom is -0.0885 e. The summed E-state index contributed by atoms with van der Waals surface area (Å²) >= 11 is 0. The van der Waals surface area contributed by atoms with E-state index in [9.17, 15) is 0 Å². The van der Waals surface area contributed by atoms with Crippen LogP contribution in [0.1, 0.15) is 39.0 Å². The maximum atomic E-state index is 2.36. The van der Waals surface area contributed by atoms with Crippen LogP contribution in [-0.2, 0) is 0 Å². The van der Waals surface area contributed by atoms with Crippen molar-refractivity contribution in [1.82, 2.24) is 0 Å². The second-order valence-electron chi connectivity index (χ2n) is 3.39. The minimum atomic E-state index is 0.793. The van der Waals surface area contributed by atoms with E-state index in [0.29, 0.717) is 0 Å². The van der Waals surface area contributed by atoms with E-state index in [1.165, 1.54) is 32.1 Å². The molecule has 0 nitrogen and oxygen atoms in total. The molecule has 1 aliphatic carbocycles. The van der Waals surface area contributed by atoms with Crippen molar-refractivity contribution in [3.8, 4) is 0 Å². The largest absolute Gasteiger partial charge is 0.0885 e. The van der Waals surface area contributed by atoms with E-state index in [1.807, 2.05) is 0 Å². The first-order valence-electron chi connectivity index (χ1n) is 4.71. The molecule has 0 saturated carbocycles. The summed E-state index contributed by atoms with van der Waals surface area (Å²) in [6.07, 6.45) is 15.7. The van der Waals surface area contributed by atoms with Crippen LogP contribution in [0.15, 0.2) is 24.3 Å². The van der Waals surface area contributed by atoms with E-state index >= 15 is 0 Å². The van der Waals surface area contributed by atoms with E-state index < -0.39 is 0 Å². The average Bonchev–Trinajstić information content (AvgIpc) is 2.03. The van der Waals surface area contributed by atoms with Crippen LogP contribution in [0.3, 0.4) is 0 Å². The zero-order valence-electron chi connectivity index (χ0n) is 7.42. The van der Waals surface area contributed by atoms with E-state index in [-0.39, 0.29) is 0 Å². The lowest BCUT2D eigenvalue weighted by Gasteiger charge is -2.05. The van der Waals surface area contributed by atoms with Crippen LogP contribution in [0.5, 0.6) is 0 Å². The van der Waals surface area contributed by atoms with Gasteiger partial charge in [0, 0.05) is 0 Å². The summed E-state index contributed by atoms with van der Waals surface area (Å²) in [6, 6.07) is 0. The molecule has 0 amide bonds. The Labute approximate surface area is 70.0 Å². The Bertz CT molecular complexity index is 142. The van der Waals surface area contributed by atoms with Crippen molar-refractivity contribution in [3.63, 3.8) is 0 Å². The lowest BCUT2D eigenvalue weighted by molar-refractivity contribution is 0.608. The third-order valence-electron chi connectivity index (χ3n) is 2.16. The molecule has 1 rings (SSSR count). The average molecular weight is 150 g/mol. The zero-order valence-corrected chi connectivity index (χ0v) is 7.42. The SMILES string of the molecule is C[C@H]1C=CCCC=CCCC1. The summed E-state index contributed by atoms with van der Waals surface area (Å²) in [5, 5.41) is 0. The summed E-state index contributed by atoms with van der Waals surface area (Å²) in [7, 11) is 0. The molecule has 0 saturated heterocycles. The fourth-order valence-electron chi connectivity index (χ4n) is 1.41. The van der Waals surface area contributed by atoms with Gasteiger partial charge in [0.05, 0.1) is 0 Å². The van der Waals surface area contributed by atoms with Gasteiger partial charge in [-0.1, -0.05) is 31.2 Å². The second kappa shape index (κ2) is 5.17. The Kier molecular flexibility index (Phi) is 4.03. The predicted octanol–water partition coefficient (Wildman–Crippen LogP) is 3.70. The number of hydrogen-bond acceptors (Lipinski definition) is 0. The monoisotopic (exact) mass is 150 g/mol. The van der Waals surface area contributed by atoms with Crippen molar-refractivity contribution in [1.29, 1.82) is 0 Å². The molecular weight excluding hydrogens is 132 g/mol. The van der Waals surface area contributed by atoms with E-state index in [2.05, 4.69) is 31.2 Å². The quantitative estimate of drug-likeness (QED) is 0.462. The van der Waals surface area contributed by atoms with Crippen LogP contribution in [0.4, 0.5) is 0 Å². The van der Waals surface area contributed by atoms with Gasteiger partial charge in [0.2, 0.25) is 0 Å². The molecule has 0 heterocycles. The summed E-state index contributed by atoms with van der Waals surface area (Å²) in [5.74, 6) is 0.793. The van der Waals surface area contributed by atoms with Gasteiger partial charge >= 0.3 is 0 Å². The molecule has 0 fully saturated rings. The molecule has 0 heteroatoms. The Morgan fingerprint density at radius 2 is 1.73 bits per heavy atom. The molecule has 0 bridgehead atoms. The van der Waals surface area contributed by atoms with Crippen molar-refractivity contribution >= 4 is 0 Å². The van der Waals surface area contributed by atoms with Gasteiger partial charge < -0.3 is 0 Å². The maximum absolute atomic E-state index is 2.36. The number of allylic oxidation sites excluding steroid dienone is 4. The Morgan fingerprint density at radius 1 is 1.00 bits per heavy atom. The third-order valence-corrected chi connectivity index (χ3v) is 2.16. The van der Waals surface area contributed by atoms with E-state index in [0.717, 1.165) is 5.92 Å². The lowest BCUT2D eigenvalue weighted by atomic mass is 10.0. The Morgan fingerprint density at radius 3 is 2.64 bits per heavy atom. The number of rotatable bonds is 0. The second-order valence-corrected chi connectivity index (χ2v) is 3.39. The van der Waals surface area contributed by atoms with Crippen LogP contribution in [0.2, 0.25) is 0 Å². The van der Waals surface area contributed by atoms with Crippen molar-refractivity contribution < 1.29 is 0 Å². The molecule has 62 valence electrons. The van der Waals surface area contributed by atoms with Crippen molar-refractivity contribution in [2.75, 3.05) is 0 Å². The van der Waals surface area contributed by atoms with E-state index in [1.54, 1.807) is 0 Å². The van der Waals surface area contributed by atoms with Crippen LogP contribution in [0.25, 0.3) is 0 Å². The predicted molar refractivity (Wildman–Crippen MR) is 50.5 cm³/mol.